The van der Waals surface area contributed by atoms with Crippen LogP contribution in [0.25, 0.3) is 33.3 Å². The number of fused-ring (bicyclic) bond motifs is 4. The van der Waals surface area contributed by atoms with Gasteiger partial charge in [-0.1, -0.05) is 18.2 Å². The summed E-state index contributed by atoms with van der Waals surface area (Å²) in [5.74, 6) is 2.12. The fourth-order valence-corrected chi connectivity index (χ4v) is 7.63. The van der Waals surface area contributed by atoms with Gasteiger partial charge < -0.3 is 23.7 Å². The van der Waals surface area contributed by atoms with Crippen molar-refractivity contribution in [2.75, 3.05) is 13.7 Å². The topological polar surface area (TPSA) is 88.2 Å². The number of carboxylic acid groups (broad SMARTS) is 1. The maximum absolute atomic E-state index is 14.1. The lowest BCUT2D eigenvalue weighted by molar-refractivity contribution is 0.0503. The number of piperidine rings is 1. The number of hydrogen-bond acceptors (Lipinski definition) is 4. The zero-order valence-electron chi connectivity index (χ0n) is 25.0. The van der Waals surface area contributed by atoms with E-state index in [-0.39, 0.29) is 23.9 Å². The summed E-state index contributed by atoms with van der Waals surface area (Å²) < 4.78 is 14.8. The lowest BCUT2D eigenvalue weighted by Gasteiger charge is -2.40. The third kappa shape index (κ3) is 4.17. The van der Waals surface area contributed by atoms with Crippen molar-refractivity contribution in [3.8, 4) is 17.2 Å². The van der Waals surface area contributed by atoms with Gasteiger partial charge in [0, 0.05) is 40.7 Å². The number of rotatable bonds is 6. The van der Waals surface area contributed by atoms with Crippen LogP contribution < -0.4 is 4.74 Å². The Morgan fingerprint density at radius 3 is 2.55 bits per heavy atom. The van der Waals surface area contributed by atoms with Crippen LogP contribution >= 0.6 is 0 Å². The van der Waals surface area contributed by atoms with E-state index in [1.54, 1.807) is 12.0 Å². The summed E-state index contributed by atoms with van der Waals surface area (Å²) in [7, 11) is 1.63. The first-order valence-electron chi connectivity index (χ1n) is 15.1. The van der Waals surface area contributed by atoms with Crippen LogP contribution in [0.3, 0.4) is 0 Å². The monoisotopic (exact) mass is 569 g/mol. The summed E-state index contributed by atoms with van der Waals surface area (Å²) in [6, 6.07) is 13.9. The van der Waals surface area contributed by atoms with Crippen molar-refractivity contribution < 1.29 is 23.8 Å². The van der Waals surface area contributed by atoms with E-state index in [9.17, 15) is 14.7 Å². The molecule has 2 aromatic carbocycles. The summed E-state index contributed by atoms with van der Waals surface area (Å²) in [4.78, 5) is 29.8. The van der Waals surface area contributed by atoms with E-state index >= 15 is 0 Å². The Labute approximate surface area is 245 Å². The molecule has 8 heteroatoms. The Kier molecular flexibility index (Phi) is 6.12. The Hall–Kier alpha value is -3.94. The first kappa shape index (κ1) is 26.9. The molecule has 2 aliphatic carbocycles. The van der Waals surface area contributed by atoms with Gasteiger partial charge in [0.2, 0.25) is 0 Å². The SMILES string of the molecule is COc1cc(C(=O)N2CC3CCC2[C@@H]3N(C(=O)O)C(C)(C)C)cc2oc(-c3cc4ccccc4n3CC3CC3)c(C)c12. The Balaban J connectivity index is 1.27. The summed E-state index contributed by atoms with van der Waals surface area (Å²) >= 11 is 0. The average Bonchev–Trinajstić information content (AvgIpc) is 3.27. The van der Waals surface area contributed by atoms with Gasteiger partial charge in [0.15, 0.2) is 5.76 Å². The molecule has 3 fully saturated rings. The molecule has 1 saturated heterocycles. The van der Waals surface area contributed by atoms with Gasteiger partial charge >= 0.3 is 6.09 Å². The second-order valence-corrected chi connectivity index (χ2v) is 13.4. The van der Waals surface area contributed by atoms with Crippen molar-refractivity contribution in [3.63, 3.8) is 0 Å². The molecule has 0 spiro atoms. The second-order valence-electron chi connectivity index (χ2n) is 13.4. The molecule has 2 amide bonds. The molecular weight excluding hydrogens is 530 g/mol. The standard InChI is InChI=1S/C34H39N3O5/c1-19-29-27(41-5)15-23(32(38)36-18-22-12-13-25(36)30(22)37(33(39)40)34(2,3)4)16-28(29)42-31(19)26-14-21-8-6-7-9-24(21)35(26)17-20-10-11-20/h6-9,14-16,20,22,25,30H,10-13,17-18H2,1-5H3,(H,39,40)/t22?,25?,30-/m1/s1. The number of furan rings is 1. The molecule has 3 atom stereocenters. The number of aryl methyl sites for hydroxylation is 1. The molecule has 8 nitrogen and oxygen atoms in total. The van der Waals surface area contributed by atoms with Crippen molar-refractivity contribution >= 4 is 33.9 Å². The van der Waals surface area contributed by atoms with Gasteiger partial charge in [0.05, 0.1) is 30.3 Å². The van der Waals surface area contributed by atoms with E-state index in [1.165, 1.54) is 23.7 Å². The first-order chi connectivity index (χ1) is 20.1. The van der Waals surface area contributed by atoms with E-state index in [0.29, 0.717) is 29.4 Å². The minimum Gasteiger partial charge on any atom is -0.496 e. The number of carbonyl (C=O) groups excluding carboxylic acids is 1. The zero-order valence-corrected chi connectivity index (χ0v) is 25.0. The van der Waals surface area contributed by atoms with Crippen LogP contribution in [0.1, 0.15) is 62.4 Å². The molecule has 0 radical (unpaired) electrons. The van der Waals surface area contributed by atoms with Crippen molar-refractivity contribution in [3.05, 3.63) is 53.6 Å². The van der Waals surface area contributed by atoms with E-state index < -0.39 is 11.6 Å². The summed E-state index contributed by atoms with van der Waals surface area (Å²) in [5, 5.41) is 12.1. The fourth-order valence-electron chi connectivity index (χ4n) is 7.63. The maximum Gasteiger partial charge on any atom is 0.408 e. The van der Waals surface area contributed by atoms with Crippen molar-refractivity contribution in [1.29, 1.82) is 0 Å². The molecule has 220 valence electrons. The molecule has 3 heterocycles. The molecule has 7 rings (SSSR count). The normalized spacial score (nSPS) is 21.9. The predicted molar refractivity (Wildman–Crippen MR) is 162 cm³/mol. The fraction of sp³-hybridized carbons (Fsp3) is 0.471. The number of para-hydroxylation sites is 1. The number of aromatic nitrogens is 1. The van der Waals surface area contributed by atoms with Crippen LogP contribution in [-0.2, 0) is 6.54 Å². The molecule has 2 saturated carbocycles. The van der Waals surface area contributed by atoms with Crippen molar-refractivity contribution in [2.45, 2.75) is 77.5 Å². The highest BCUT2D eigenvalue weighted by molar-refractivity contribution is 6.02. The molecule has 2 bridgehead atoms. The van der Waals surface area contributed by atoms with Crippen molar-refractivity contribution in [1.82, 2.24) is 14.4 Å². The number of hydrogen-bond donors (Lipinski definition) is 1. The van der Waals surface area contributed by atoms with Crippen LogP contribution in [0.15, 0.2) is 46.9 Å². The van der Waals surface area contributed by atoms with Gasteiger partial charge in [-0.25, -0.2) is 4.79 Å². The van der Waals surface area contributed by atoms with E-state index in [2.05, 4.69) is 41.8 Å². The molecule has 2 unspecified atom stereocenters. The summed E-state index contributed by atoms with van der Waals surface area (Å²) in [5.41, 5.74) is 3.80. The summed E-state index contributed by atoms with van der Waals surface area (Å²) in [6.07, 6.45) is 3.30. The number of amides is 2. The van der Waals surface area contributed by atoms with Crippen LogP contribution in [0.4, 0.5) is 4.79 Å². The molecular formula is C34H39N3O5. The Morgan fingerprint density at radius 2 is 1.86 bits per heavy atom. The molecule has 1 N–H and O–H groups in total. The lowest BCUT2D eigenvalue weighted by Crippen LogP contribution is -2.55. The highest BCUT2D eigenvalue weighted by Crippen LogP contribution is 2.45. The van der Waals surface area contributed by atoms with Gasteiger partial charge in [-0.2, -0.15) is 0 Å². The molecule has 4 aromatic rings. The second kappa shape index (κ2) is 9.54. The Bertz CT molecular complexity index is 1720. The molecule has 3 aliphatic rings. The first-order valence-corrected chi connectivity index (χ1v) is 15.1. The number of ether oxygens (including phenoxy) is 1. The van der Waals surface area contributed by atoms with Crippen LogP contribution in [0, 0.1) is 18.8 Å². The third-order valence-corrected chi connectivity index (χ3v) is 9.67. The number of carbonyl (C=O) groups is 2. The smallest absolute Gasteiger partial charge is 0.408 e. The van der Waals surface area contributed by atoms with Gasteiger partial charge in [0.25, 0.3) is 5.91 Å². The maximum atomic E-state index is 14.1. The lowest BCUT2D eigenvalue weighted by atomic mass is 9.98. The minimum atomic E-state index is -0.931. The zero-order chi connectivity index (χ0) is 29.5. The quantitative estimate of drug-likeness (QED) is 0.266. The van der Waals surface area contributed by atoms with Gasteiger partial charge in [-0.3, -0.25) is 9.69 Å². The number of likely N-dealkylation sites (tertiary alicyclic amines) is 1. The minimum absolute atomic E-state index is 0.106. The number of benzene rings is 2. The predicted octanol–water partition coefficient (Wildman–Crippen LogP) is 7.16. The van der Waals surface area contributed by atoms with Gasteiger partial charge in [-0.05, 0) is 89.5 Å². The van der Waals surface area contributed by atoms with Crippen LogP contribution in [0.2, 0.25) is 0 Å². The van der Waals surface area contributed by atoms with E-state index in [4.69, 9.17) is 9.15 Å². The highest BCUT2D eigenvalue weighted by atomic mass is 16.5. The van der Waals surface area contributed by atoms with Crippen molar-refractivity contribution in [2.24, 2.45) is 11.8 Å². The van der Waals surface area contributed by atoms with Gasteiger partial charge in [0.1, 0.15) is 11.3 Å². The largest absolute Gasteiger partial charge is 0.496 e. The Morgan fingerprint density at radius 1 is 1.10 bits per heavy atom. The molecule has 1 aliphatic heterocycles. The third-order valence-electron chi connectivity index (χ3n) is 9.67. The van der Waals surface area contributed by atoms with E-state index in [1.807, 2.05) is 37.8 Å². The van der Waals surface area contributed by atoms with E-state index in [0.717, 1.165) is 41.8 Å². The number of methoxy groups -OCH3 is 1. The number of nitrogens with zero attached hydrogens (tertiary/aromatic N) is 3. The van der Waals surface area contributed by atoms with Gasteiger partial charge in [-0.15, -0.1) is 0 Å². The average molecular weight is 570 g/mol. The highest BCUT2D eigenvalue weighted by Gasteiger charge is 2.54. The summed E-state index contributed by atoms with van der Waals surface area (Å²) in [6.45, 7) is 9.33. The van der Waals surface area contributed by atoms with Crippen LogP contribution in [-0.4, -0.2) is 62.8 Å². The molecule has 2 aromatic heterocycles. The molecule has 42 heavy (non-hydrogen) atoms. The van der Waals surface area contributed by atoms with Crippen LogP contribution in [0.5, 0.6) is 5.75 Å².